The number of aliphatic carboxylic acids is 1. The van der Waals surface area contributed by atoms with Gasteiger partial charge in [0.25, 0.3) is 0 Å². The highest BCUT2D eigenvalue weighted by atomic mass is 32.1. The molecule has 1 rings (SSSR count). The summed E-state index contributed by atoms with van der Waals surface area (Å²) in [5, 5.41) is 18.8. The van der Waals surface area contributed by atoms with Crippen molar-refractivity contribution < 1.29 is 33.9 Å². The van der Waals surface area contributed by atoms with E-state index in [0.29, 0.717) is 5.69 Å². The van der Waals surface area contributed by atoms with Crippen LogP contribution >= 0.6 is 25.3 Å². The van der Waals surface area contributed by atoms with Crippen LogP contribution in [0.4, 0.5) is 0 Å². The van der Waals surface area contributed by atoms with Crippen molar-refractivity contribution in [3.05, 3.63) is 18.2 Å². The van der Waals surface area contributed by atoms with E-state index in [-0.39, 0.29) is 30.1 Å². The maximum Gasteiger partial charge on any atom is 0.303 e. The van der Waals surface area contributed by atoms with Gasteiger partial charge >= 0.3 is 5.97 Å². The standard InChI is InChI=1S/C20H30N6O7S2/c1-10(27)14(5-12-6-21-9-22-12)25-18(31)13(3-4-17(29)30)24-20(33)16(8-35)26-19(32)15(7-34)23-11(2)28/h6,9,13-16,34-35H,3-5,7-8H2,1-2H3,(H,21,22)(H,23,28)(H,24,33)(H,25,31)(H,26,32)(H,29,30)/t13-,14-,15-,16-/m0/s1. The number of thiol groups is 2. The third-order valence-electron chi connectivity index (χ3n) is 4.76. The first-order chi connectivity index (χ1) is 16.5. The predicted molar refractivity (Wildman–Crippen MR) is 131 cm³/mol. The third-order valence-corrected chi connectivity index (χ3v) is 5.49. The number of H-pyrrole nitrogens is 1. The Balaban J connectivity index is 2.93. The van der Waals surface area contributed by atoms with E-state index >= 15 is 0 Å². The molecule has 1 heterocycles. The largest absolute Gasteiger partial charge is 0.481 e. The summed E-state index contributed by atoms with van der Waals surface area (Å²) in [6, 6.07) is -4.45. The van der Waals surface area contributed by atoms with Gasteiger partial charge in [0.05, 0.1) is 12.4 Å². The normalized spacial score (nSPS) is 14.1. The fourth-order valence-corrected chi connectivity index (χ4v) is 3.41. The van der Waals surface area contributed by atoms with Crippen molar-refractivity contribution in [3.63, 3.8) is 0 Å². The molecule has 0 radical (unpaired) electrons. The van der Waals surface area contributed by atoms with Crippen LogP contribution in [0.25, 0.3) is 0 Å². The highest BCUT2D eigenvalue weighted by Gasteiger charge is 2.30. The number of hydrogen-bond donors (Lipinski definition) is 8. The molecule has 15 heteroatoms. The van der Waals surface area contributed by atoms with Gasteiger partial charge in [-0.25, -0.2) is 4.98 Å². The van der Waals surface area contributed by atoms with Crippen LogP contribution in [0.5, 0.6) is 0 Å². The van der Waals surface area contributed by atoms with Crippen molar-refractivity contribution in [3.8, 4) is 0 Å². The summed E-state index contributed by atoms with van der Waals surface area (Å²) in [5.41, 5.74) is 0.590. The molecule has 0 aliphatic carbocycles. The highest BCUT2D eigenvalue weighted by Crippen LogP contribution is 2.05. The number of carbonyl (C=O) groups is 6. The molecule has 0 bridgehead atoms. The molecular formula is C20H30N6O7S2. The average molecular weight is 531 g/mol. The summed E-state index contributed by atoms with van der Waals surface area (Å²) < 4.78 is 0. The lowest BCUT2D eigenvalue weighted by atomic mass is 10.1. The molecule has 0 spiro atoms. The molecule has 6 N–H and O–H groups in total. The maximum absolute atomic E-state index is 12.9. The summed E-state index contributed by atoms with van der Waals surface area (Å²) >= 11 is 8.06. The second-order valence-corrected chi connectivity index (χ2v) is 8.36. The molecule has 0 unspecified atom stereocenters. The number of carboxylic acid groups (broad SMARTS) is 1. The van der Waals surface area contributed by atoms with E-state index in [1.807, 2.05) is 0 Å². The molecule has 194 valence electrons. The number of aromatic nitrogens is 2. The fourth-order valence-electron chi connectivity index (χ4n) is 2.90. The molecule has 4 atom stereocenters. The Morgan fingerprint density at radius 1 is 0.886 bits per heavy atom. The van der Waals surface area contributed by atoms with Crippen molar-refractivity contribution in [2.45, 2.75) is 57.3 Å². The number of carboxylic acids is 1. The zero-order chi connectivity index (χ0) is 26.5. The Morgan fingerprint density at radius 2 is 1.40 bits per heavy atom. The molecule has 1 aromatic heterocycles. The quantitative estimate of drug-likeness (QED) is 0.122. The molecule has 35 heavy (non-hydrogen) atoms. The molecule has 0 saturated heterocycles. The number of aromatic amines is 1. The van der Waals surface area contributed by atoms with Gasteiger partial charge in [0, 0.05) is 43.2 Å². The Labute approximate surface area is 212 Å². The van der Waals surface area contributed by atoms with Gasteiger partial charge in [-0.2, -0.15) is 25.3 Å². The van der Waals surface area contributed by atoms with Crippen LogP contribution in [-0.2, 0) is 35.2 Å². The predicted octanol–water partition coefficient (Wildman–Crippen LogP) is -1.78. The lowest BCUT2D eigenvalue weighted by Crippen LogP contribution is -2.58. The van der Waals surface area contributed by atoms with Gasteiger partial charge in [-0.3, -0.25) is 28.8 Å². The van der Waals surface area contributed by atoms with Gasteiger partial charge in [0.2, 0.25) is 23.6 Å². The van der Waals surface area contributed by atoms with Crippen LogP contribution in [0.2, 0.25) is 0 Å². The second kappa shape index (κ2) is 15.0. The number of nitrogens with one attached hydrogen (secondary N) is 5. The lowest BCUT2D eigenvalue weighted by molar-refractivity contribution is -0.138. The number of rotatable bonds is 15. The van der Waals surface area contributed by atoms with Crippen molar-refractivity contribution in [1.29, 1.82) is 0 Å². The van der Waals surface area contributed by atoms with Crippen molar-refractivity contribution >= 4 is 60.6 Å². The van der Waals surface area contributed by atoms with Crippen LogP contribution in [0.15, 0.2) is 12.5 Å². The fraction of sp³-hybridized carbons (Fsp3) is 0.550. The number of Topliss-reactive ketones (excluding diaryl/α,β-unsaturated/α-hetero) is 1. The van der Waals surface area contributed by atoms with E-state index in [1.165, 1.54) is 26.4 Å². The SMILES string of the molecule is CC(=O)N[C@@H](CS)C(=O)N[C@@H](CS)C(=O)N[C@@H](CCC(=O)O)C(=O)N[C@@H](Cc1cnc[nH]1)C(C)=O. The molecular weight excluding hydrogens is 500 g/mol. The number of carbonyl (C=O) groups excluding carboxylic acids is 5. The van der Waals surface area contributed by atoms with E-state index in [9.17, 15) is 28.8 Å². The van der Waals surface area contributed by atoms with Gasteiger partial charge in [0.15, 0.2) is 5.78 Å². The zero-order valence-electron chi connectivity index (χ0n) is 19.2. The summed E-state index contributed by atoms with van der Waals surface area (Å²) in [5.74, 6) is -4.45. The first kappa shape index (κ1) is 30.0. The summed E-state index contributed by atoms with van der Waals surface area (Å²) in [6.45, 7) is 2.50. The number of ketones is 1. The number of imidazole rings is 1. The van der Waals surface area contributed by atoms with Gasteiger partial charge in [0.1, 0.15) is 18.1 Å². The van der Waals surface area contributed by atoms with Crippen LogP contribution in [0.1, 0.15) is 32.4 Å². The van der Waals surface area contributed by atoms with Gasteiger partial charge in [-0.15, -0.1) is 0 Å². The van der Waals surface area contributed by atoms with Crippen LogP contribution < -0.4 is 21.3 Å². The van der Waals surface area contributed by atoms with Gasteiger partial charge < -0.3 is 31.4 Å². The molecule has 0 saturated carbocycles. The summed E-state index contributed by atoms with van der Waals surface area (Å²) in [7, 11) is 0. The van der Waals surface area contributed by atoms with E-state index in [4.69, 9.17) is 5.11 Å². The molecule has 0 aromatic carbocycles. The topological polar surface area (TPSA) is 199 Å². The zero-order valence-corrected chi connectivity index (χ0v) is 21.0. The van der Waals surface area contributed by atoms with Crippen molar-refractivity contribution in [2.75, 3.05) is 11.5 Å². The molecule has 0 aliphatic heterocycles. The highest BCUT2D eigenvalue weighted by molar-refractivity contribution is 7.80. The van der Waals surface area contributed by atoms with E-state index in [0.717, 1.165) is 0 Å². The van der Waals surface area contributed by atoms with Crippen molar-refractivity contribution in [1.82, 2.24) is 31.2 Å². The number of hydrogen-bond acceptors (Lipinski definition) is 9. The van der Waals surface area contributed by atoms with E-state index in [1.54, 1.807) is 0 Å². The average Bonchev–Trinajstić information content (AvgIpc) is 3.30. The molecule has 1 aromatic rings. The van der Waals surface area contributed by atoms with Crippen LogP contribution in [0, 0.1) is 0 Å². The molecule has 0 fully saturated rings. The smallest absolute Gasteiger partial charge is 0.303 e. The Bertz CT molecular complexity index is 912. The van der Waals surface area contributed by atoms with Gasteiger partial charge in [-0.1, -0.05) is 0 Å². The lowest BCUT2D eigenvalue weighted by Gasteiger charge is -2.25. The summed E-state index contributed by atoms with van der Waals surface area (Å²) in [6.07, 6.45) is 2.32. The molecule has 0 aliphatic rings. The van der Waals surface area contributed by atoms with E-state index < -0.39 is 60.2 Å². The number of amides is 4. The minimum absolute atomic E-state index is 0.0290. The number of nitrogens with zero attached hydrogens (tertiary/aromatic N) is 1. The van der Waals surface area contributed by atoms with E-state index in [2.05, 4.69) is 56.5 Å². The monoisotopic (exact) mass is 530 g/mol. The Kier molecular flexibility index (Phi) is 12.9. The third kappa shape index (κ3) is 10.8. The first-order valence-corrected chi connectivity index (χ1v) is 11.8. The van der Waals surface area contributed by atoms with Crippen molar-refractivity contribution in [2.24, 2.45) is 0 Å². The molecule has 4 amide bonds. The minimum atomic E-state index is -1.31. The Hall–Kier alpha value is -3.07. The van der Waals surface area contributed by atoms with Crippen LogP contribution in [0.3, 0.4) is 0 Å². The van der Waals surface area contributed by atoms with Crippen LogP contribution in [-0.4, -0.2) is 86.1 Å². The Morgan fingerprint density at radius 3 is 1.86 bits per heavy atom. The first-order valence-electron chi connectivity index (χ1n) is 10.6. The second-order valence-electron chi connectivity index (χ2n) is 7.63. The summed E-state index contributed by atoms with van der Waals surface area (Å²) in [4.78, 5) is 79.1. The maximum atomic E-state index is 12.9. The molecule has 13 nitrogen and oxygen atoms in total. The van der Waals surface area contributed by atoms with Gasteiger partial charge in [-0.05, 0) is 13.3 Å². The minimum Gasteiger partial charge on any atom is -0.481 e.